The highest BCUT2D eigenvalue weighted by Gasteiger charge is 2.25. The molecule has 29 heavy (non-hydrogen) atoms. The van der Waals surface area contributed by atoms with E-state index in [1.165, 1.54) is 26.4 Å². The van der Waals surface area contributed by atoms with Crippen molar-refractivity contribution in [2.45, 2.75) is 17.7 Å². The van der Waals surface area contributed by atoms with Crippen LogP contribution in [0.5, 0.6) is 11.8 Å². The number of halogens is 4. The minimum absolute atomic E-state index is 0.0488. The third kappa shape index (κ3) is 4.03. The van der Waals surface area contributed by atoms with Crippen molar-refractivity contribution in [2.24, 2.45) is 0 Å². The van der Waals surface area contributed by atoms with Crippen LogP contribution in [0.2, 0.25) is 5.02 Å². The van der Waals surface area contributed by atoms with Crippen molar-refractivity contribution in [1.82, 2.24) is 15.0 Å². The van der Waals surface area contributed by atoms with Gasteiger partial charge in [0.25, 0.3) is 10.0 Å². The average molecular weight is 451 g/mol. The molecule has 0 bridgehead atoms. The number of aromatic nitrogens is 3. The first-order chi connectivity index (χ1) is 13.7. The lowest BCUT2D eigenvalue weighted by Crippen LogP contribution is -2.16. The molecule has 0 saturated carbocycles. The molecule has 0 aliphatic rings. The summed E-state index contributed by atoms with van der Waals surface area (Å²) in [6.45, 7) is 0. The van der Waals surface area contributed by atoms with Gasteiger partial charge in [-0.25, -0.2) is 26.3 Å². The lowest BCUT2D eigenvalue weighted by Gasteiger charge is -2.13. The van der Waals surface area contributed by atoms with Crippen LogP contribution in [0.25, 0.3) is 10.9 Å². The Morgan fingerprint density at radius 1 is 1.21 bits per heavy atom. The van der Waals surface area contributed by atoms with E-state index < -0.39 is 34.6 Å². The zero-order valence-corrected chi connectivity index (χ0v) is 16.5. The van der Waals surface area contributed by atoms with Crippen LogP contribution in [0.3, 0.4) is 0 Å². The molecule has 13 heteroatoms. The van der Waals surface area contributed by atoms with Gasteiger partial charge in [0.2, 0.25) is 24.1 Å². The Morgan fingerprint density at radius 2 is 1.83 bits per heavy atom. The molecule has 0 aliphatic carbocycles. The average Bonchev–Trinajstić information content (AvgIpc) is 3.10. The summed E-state index contributed by atoms with van der Waals surface area (Å²) in [5.41, 5.74) is -0.210. The third-order valence-corrected chi connectivity index (χ3v) is 5.56. The molecule has 8 nitrogen and oxygen atoms in total. The maximum Gasteiger partial charge on any atom is 0.266 e. The van der Waals surface area contributed by atoms with E-state index in [-0.39, 0.29) is 38.1 Å². The second kappa shape index (κ2) is 7.95. The molecule has 0 atom stereocenters. The van der Waals surface area contributed by atoms with Gasteiger partial charge in [-0.2, -0.15) is 9.97 Å². The number of aromatic amines is 1. The lowest BCUT2D eigenvalue weighted by atomic mass is 10.2. The molecule has 2 heterocycles. The summed E-state index contributed by atoms with van der Waals surface area (Å²) in [5, 5.41) is -0.128. The van der Waals surface area contributed by atoms with Gasteiger partial charge in [-0.3, -0.25) is 0 Å². The minimum Gasteiger partial charge on any atom is -0.481 e. The van der Waals surface area contributed by atoms with E-state index in [1.807, 2.05) is 0 Å². The fraction of sp³-hybridized carbons (Fsp3) is 0.250. The Hall–Kier alpha value is -2.73. The van der Waals surface area contributed by atoms with Crippen molar-refractivity contribution < 1.29 is 31.1 Å². The molecular formula is C16H14ClF3N4O4S. The zero-order valence-electron chi connectivity index (χ0n) is 15.0. The zero-order chi connectivity index (χ0) is 21.3. The van der Waals surface area contributed by atoms with E-state index in [0.29, 0.717) is 0 Å². The summed E-state index contributed by atoms with van der Waals surface area (Å²) >= 11 is 5.70. The van der Waals surface area contributed by atoms with Crippen molar-refractivity contribution in [3.05, 3.63) is 34.7 Å². The highest BCUT2D eigenvalue weighted by molar-refractivity contribution is 7.93. The van der Waals surface area contributed by atoms with Crippen LogP contribution >= 0.6 is 11.6 Å². The predicted molar refractivity (Wildman–Crippen MR) is 98.9 cm³/mol. The molecular weight excluding hydrogens is 437 g/mol. The van der Waals surface area contributed by atoms with E-state index >= 15 is 0 Å². The molecule has 2 aromatic heterocycles. The van der Waals surface area contributed by atoms with Gasteiger partial charge in [-0.05, 0) is 12.1 Å². The SMILES string of the molecule is COc1nc(NS(=O)(=O)c2c[nH]c3c(F)c(Cl)ccc23)nc(OC)c1CC(F)F. The number of hydrogen-bond acceptors (Lipinski definition) is 6. The van der Waals surface area contributed by atoms with Gasteiger partial charge in [-0.15, -0.1) is 0 Å². The maximum absolute atomic E-state index is 14.1. The summed E-state index contributed by atoms with van der Waals surface area (Å²) in [5.74, 6) is -1.82. The molecule has 1 aromatic carbocycles. The highest BCUT2D eigenvalue weighted by atomic mass is 35.5. The van der Waals surface area contributed by atoms with E-state index in [0.717, 1.165) is 6.20 Å². The monoisotopic (exact) mass is 450 g/mol. The third-order valence-electron chi connectivity index (χ3n) is 3.90. The first-order valence-corrected chi connectivity index (χ1v) is 9.79. The number of rotatable bonds is 7. The molecule has 0 fully saturated rings. The van der Waals surface area contributed by atoms with Crippen LogP contribution in [0.15, 0.2) is 23.2 Å². The van der Waals surface area contributed by atoms with Gasteiger partial charge in [-0.1, -0.05) is 11.6 Å². The van der Waals surface area contributed by atoms with Crippen molar-refractivity contribution in [1.29, 1.82) is 0 Å². The first kappa shape index (κ1) is 21.0. The Bertz CT molecular complexity index is 1150. The molecule has 0 saturated heterocycles. The van der Waals surface area contributed by atoms with Gasteiger partial charge in [0.15, 0.2) is 5.82 Å². The summed E-state index contributed by atoms with van der Waals surface area (Å²) in [6.07, 6.45) is -2.40. The standard InChI is InChI=1S/C16H14ClF3N4O4S/c1-27-14-8(5-11(18)19)15(28-2)23-16(22-14)24-29(25,26)10-6-21-13-7(10)3-4-9(17)12(13)20/h3-4,6,11,21H,5H2,1-2H3,(H,22,23,24). The number of fused-ring (bicyclic) bond motifs is 1. The van der Waals surface area contributed by atoms with Gasteiger partial charge >= 0.3 is 0 Å². The molecule has 0 amide bonds. The number of anilines is 1. The number of H-pyrrole nitrogens is 1. The predicted octanol–water partition coefficient (Wildman–Crippen LogP) is 3.38. The Morgan fingerprint density at radius 3 is 2.38 bits per heavy atom. The van der Waals surface area contributed by atoms with E-state index in [1.54, 1.807) is 0 Å². The minimum atomic E-state index is -4.29. The fourth-order valence-corrected chi connectivity index (χ4v) is 3.94. The smallest absolute Gasteiger partial charge is 0.266 e. The van der Waals surface area contributed by atoms with E-state index in [4.69, 9.17) is 21.1 Å². The number of ether oxygens (including phenoxy) is 2. The number of sulfonamides is 1. The molecule has 3 aromatic rings. The largest absolute Gasteiger partial charge is 0.481 e. The molecule has 0 radical (unpaired) electrons. The van der Waals surface area contributed by atoms with Gasteiger partial charge in [0.1, 0.15) is 4.90 Å². The lowest BCUT2D eigenvalue weighted by molar-refractivity contribution is 0.146. The summed E-state index contributed by atoms with van der Waals surface area (Å²) in [7, 11) is -1.92. The van der Waals surface area contributed by atoms with Crippen molar-refractivity contribution >= 4 is 38.5 Å². The van der Waals surface area contributed by atoms with E-state index in [2.05, 4.69) is 19.7 Å². The normalized spacial score (nSPS) is 11.8. The Kier molecular flexibility index (Phi) is 5.75. The number of nitrogens with one attached hydrogen (secondary N) is 2. The highest BCUT2D eigenvalue weighted by Crippen LogP contribution is 2.32. The quantitative estimate of drug-likeness (QED) is 0.571. The molecule has 0 spiro atoms. The van der Waals surface area contributed by atoms with Crippen LogP contribution in [-0.2, 0) is 16.4 Å². The molecule has 0 unspecified atom stereocenters. The van der Waals surface area contributed by atoms with Gasteiger partial charge in [0.05, 0.1) is 30.3 Å². The topological polar surface area (TPSA) is 106 Å². The maximum atomic E-state index is 14.1. The van der Waals surface area contributed by atoms with Crippen LogP contribution < -0.4 is 14.2 Å². The summed E-state index contributed by atoms with van der Waals surface area (Å²) in [6, 6.07) is 2.55. The van der Waals surface area contributed by atoms with Crippen LogP contribution in [-0.4, -0.2) is 44.0 Å². The Balaban J connectivity index is 2.04. The number of nitrogens with zero attached hydrogens (tertiary/aromatic N) is 2. The molecule has 0 aliphatic heterocycles. The number of hydrogen-bond donors (Lipinski definition) is 2. The van der Waals surface area contributed by atoms with Crippen molar-refractivity contribution in [3.63, 3.8) is 0 Å². The molecule has 2 N–H and O–H groups in total. The Labute approximate surface area is 168 Å². The van der Waals surface area contributed by atoms with E-state index in [9.17, 15) is 21.6 Å². The van der Waals surface area contributed by atoms with Gasteiger partial charge in [0, 0.05) is 18.0 Å². The second-order valence-corrected chi connectivity index (χ2v) is 7.74. The molecule has 3 rings (SSSR count). The van der Waals surface area contributed by atoms with Crippen molar-refractivity contribution in [2.75, 3.05) is 18.9 Å². The number of methoxy groups -OCH3 is 2. The van der Waals surface area contributed by atoms with Crippen LogP contribution in [0.1, 0.15) is 5.56 Å². The van der Waals surface area contributed by atoms with Crippen molar-refractivity contribution in [3.8, 4) is 11.8 Å². The summed E-state index contributed by atoms with van der Waals surface area (Å²) in [4.78, 5) is 9.86. The number of benzene rings is 1. The van der Waals surface area contributed by atoms with Crippen LogP contribution in [0, 0.1) is 5.82 Å². The van der Waals surface area contributed by atoms with Gasteiger partial charge < -0.3 is 14.5 Å². The summed E-state index contributed by atoms with van der Waals surface area (Å²) < 4.78 is 77.2. The first-order valence-electron chi connectivity index (χ1n) is 7.92. The fourth-order valence-electron chi connectivity index (χ4n) is 2.67. The molecule has 156 valence electrons. The second-order valence-electron chi connectivity index (χ2n) is 5.68. The van der Waals surface area contributed by atoms with Crippen LogP contribution in [0.4, 0.5) is 19.1 Å². The number of alkyl halides is 2.